The normalized spacial score (nSPS) is 15.9. The Morgan fingerprint density at radius 3 is 1.69 bits per heavy atom. The van der Waals surface area contributed by atoms with Crippen molar-refractivity contribution in [3.8, 4) is 0 Å². The van der Waals surface area contributed by atoms with E-state index in [0.29, 0.717) is 5.69 Å². The van der Waals surface area contributed by atoms with E-state index in [1.807, 2.05) is 4.90 Å². The van der Waals surface area contributed by atoms with Crippen LogP contribution in [-0.2, 0) is 0 Å². The molecule has 2 rings (SSSR count). The zero-order valence-electron chi connectivity index (χ0n) is 9.41. The molecule has 1 saturated heterocycles. The fourth-order valence-corrected chi connectivity index (χ4v) is 2.33. The maximum atomic E-state index is 13.4. The summed E-state index contributed by atoms with van der Waals surface area (Å²) in [5.41, 5.74) is 0.936. The summed E-state index contributed by atoms with van der Waals surface area (Å²) in [7, 11) is 0. The van der Waals surface area contributed by atoms with E-state index in [-0.39, 0.29) is 11.1 Å². The molecular formula is C12H14F3N. The molecule has 0 radical (unpaired) electrons. The van der Waals surface area contributed by atoms with Crippen LogP contribution in [0.4, 0.5) is 18.9 Å². The van der Waals surface area contributed by atoms with Crippen molar-refractivity contribution in [1.29, 1.82) is 0 Å². The van der Waals surface area contributed by atoms with Gasteiger partial charge < -0.3 is 4.90 Å². The highest BCUT2D eigenvalue weighted by Crippen LogP contribution is 2.33. The minimum absolute atomic E-state index is 0.207. The number of hydrogen-bond acceptors (Lipinski definition) is 1. The molecule has 0 bridgehead atoms. The molecule has 1 aromatic carbocycles. The molecule has 16 heavy (non-hydrogen) atoms. The van der Waals surface area contributed by atoms with E-state index >= 15 is 0 Å². The molecule has 0 atom stereocenters. The van der Waals surface area contributed by atoms with Crippen LogP contribution in [-0.4, -0.2) is 13.1 Å². The summed E-state index contributed by atoms with van der Waals surface area (Å²) in [5.74, 6) is -3.49. The van der Waals surface area contributed by atoms with Gasteiger partial charge in [-0.15, -0.1) is 0 Å². The standard InChI is InChI=1S/C12H14F3N/c1-7-9(13)11(15)10(14)8(2)12(7)16-5-3-4-6-16/h3-6H2,1-2H3. The summed E-state index contributed by atoms with van der Waals surface area (Å²) >= 11 is 0. The second-order valence-electron chi connectivity index (χ2n) is 4.23. The second-order valence-corrected chi connectivity index (χ2v) is 4.23. The van der Waals surface area contributed by atoms with Crippen LogP contribution in [0.1, 0.15) is 24.0 Å². The van der Waals surface area contributed by atoms with Gasteiger partial charge in [-0.05, 0) is 26.7 Å². The number of halogens is 3. The van der Waals surface area contributed by atoms with Gasteiger partial charge in [-0.2, -0.15) is 0 Å². The van der Waals surface area contributed by atoms with Crippen molar-refractivity contribution >= 4 is 5.69 Å². The Morgan fingerprint density at radius 2 is 1.25 bits per heavy atom. The summed E-state index contributed by atoms with van der Waals surface area (Å²) in [4.78, 5) is 1.93. The van der Waals surface area contributed by atoms with Gasteiger partial charge >= 0.3 is 0 Å². The van der Waals surface area contributed by atoms with Gasteiger partial charge in [-0.25, -0.2) is 13.2 Å². The smallest absolute Gasteiger partial charge is 0.195 e. The van der Waals surface area contributed by atoms with Gasteiger partial charge in [-0.1, -0.05) is 0 Å². The number of benzene rings is 1. The SMILES string of the molecule is Cc1c(F)c(F)c(F)c(C)c1N1CCCC1. The van der Waals surface area contributed by atoms with Crippen LogP contribution >= 0.6 is 0 Å². The third-order valence-corrected chi connectivity index (χ3v) is 3.18. The third-order valence-electron chi connectivity index (χ3n) is 3.18. The van der Waals surface area contributed by atoms with Gasteiger partial charge in [0.25, 0.3) is 0 Å². The van der Waals surface area contributed by atoms with Crippen molar-refractivity contribution in [2.24, 2.45) is 0 Å². The van der Waals surface area contributed by atoms with Crippen molar-refractivity contribution in [2.75, 3.05) is 18.0 Å². The monoisotopic (exact) mass is 229 g/mol. The molecule has 4 heteroatoms. The Hall–Kier alpha value is -1.19. The average molecular weight is 229 g/mol. The molecule has 1 heterocycles. The molecule has 0 amide bonds. The zero-order chi connectivity index (χ0) is 11.9. The fraction of sp³-hybridized carbons (Fsp3) is 0.500. The van der Waals surface area contributed by atoms with Crippen molar-refractivity contribution < 1.29 is 13.2 Å². The van der Waals surface area contributed by atoms with Crippen LogP contribution in [0.2, 0.25) is 0 Å². The summed E-state index contributed by atoms with van der Waals surface area (Å²) < 4.78 is 40.0. The number of anilines is 1. The van der Waals surface area contributed by atoms with Crippen LogP contribution in [0.25, 0.3) is 0 Å². The van der Waals surface area contributed by atoms with Gasteiger partial charge in [0.15, 0.2) is 17.5 Å². The highest BCUT2D eigenvalue weighted by Gasteiger charge is 2.24. The van der Waals surface area contributed by atoms with Gasteiger partial charge in [0.05, 0.1) is 0 Å². The first kappa shape index (κ1) is 11.3. The molecule has 0 N–H and O–H groups in total. The summed E-state index contributed by atoms with van der Waals surface area (Å²) in [6.07, 6.45) is 2.03. The first-order valence-corrected chi connectivity index (χ1v) is 5.42. The molecular weight excluding hydrogens is 215 g/mol. The largest absolute Gasteiger partial charge is 0.371 e. The lowest BCUT2D eigenvalue weighted by Gasteiger charge is -2.23. The van der Waals surface area contributed by atoms with E-state index < -0.39 is 17.5 Å². The van der Waals surface area contributed by atoms with E-state index in [1.165, 1.54) is 13.8 Å². The summed E-state index contributed by atoms with van der Waals surface area (Å²) in [6.45, 7) is 4.56. The minimum atomic E-state index is -1.36. The Labute approximate surface area is 92.9 Å². The molecule has 1 aliphatic rings. The van der Waals surface area contributed by atoms with Gasteiger partial charge in [0.1, 0.15) is 0 Å². The Morgan fingerprint density at radius 1 is 0.812 bits per heavy atom. The van der Waals surface area contributed by atoms with Crippen molar-refractivity contribution in [1.82, 2.24) is 0 Å². The van der Waals surface area contributed by atoms with Gasteiger partial charge in [0.2, 0.25) is 0 Å². The number of rotatable bonds is 1. The van der Waals surface area contributed by atoms with Gasteiger partial charge in [-0.3, -0.25) is 0 Å². The van der Waals surface area contributed by atoms with Crippen LogP contribution in [0, 0.1) is 31.3 Å². The molecule has 0 spiro atoms. The maximum Gasteiger partial charge on any atom is 0.195 e. The summed E-state index contributed by atoms with van der Waals surface area (Å²) in [5, 5.41) is 0. The molecule has 0 saturated carbocycles. The molecule has 0 aromatic heterocycles. The lowest BCUT2D eigenvalue weighted by atomic mass is 10.1. The predicted octanol–water partition coefficient (Wildman–Crippen LogP) is 3.32. The molecule has 88 valence electrons. The van der Waals surface area contributed by atoms with Crippen LogP contribution in [0.15, 0.2) is 0 Å². The van der Waals surface area contributed by atoms with E-state index in [2.05, 4.69) is 0 Å². The van der Waals surface area contributed by atoms with Crippen molar-refractivity contribution in [3.05, 3.63) is 28.6 Å². The van der Waals surface area contributed by atoms with Crippen molar-refractivity contribution in [3.63, 3.8) is 0 Å². The summed E-state index contributed by atoms with van der Waals surface area (Å²) in [6, 6.07) is 0. The first-order chi connectivity index (χ1) is 7.54. The molecule has 1 aromatic rings. The van der Waals surface area contributed by atoms with Crippen LogP contribution in [0.5, 0.6) is 0 Å². The van der Waals surface area contributed by atoms with Crippen LogP contribution in [0.3, 0.4) is 0 Å². The highest BCUT2D eigenvalue weighted by atomic mass is 19.2. The molecule has 1 nitrogen and oxygen atoms in total. The maximum absolute atomic E-state index is 13.4. The second kappa shape index (κ2) is 4.00. The van der Waals surface area contributed by atoms with Crippen molar-refractivity contribution in [2.45, 2.75) is 26.7 Å². The Kier molecular flexibility index (Phi) is 2.82. The van der Waals surface area contributed by atoms with E-state index in [4.69, 9.17) is 0 Å². The number of hydrogen-bond donors (Lipinski definition) is 0. The Bertz CT molecular complexity index is 394. The van der Waals surface area contributed by atoms with E-state index in [0.717, 1.165) is 25.9 Å². The quantitative estimate of drug-likeness (QED) is 0.668. The third kappa shape index (κ3) is 1.56. The van der Waals surface area contributed by atoms with Crippen LogP contribution < -0.4 is 4.90 Å². The minimum Gasteiger partial charge on any atom is -0.371 e. The molecule has 0 unspecified atom stereocenters. The molecule has 0 aliphatic carbocycles. The van der Waals surface area contributed by atoms with E-state index in [1.54, 1.807) is 0 Å². The fourth-order valence-electron chi connectivity index (χ4n) is 2.33. The predicted molar refractivity (Wildman–Crippen MR) is 57.2 cm³/mol. The lowest BCUT2D eigenvalue weighted by Crippen LogP contribution is -2.21. The lowest BCUT2D eigenvalue weighted by molar-refractivity contribution is 0.440. The van der Waals surface area contributed by atoms with Gasteiger partial charge in [0, 0.05) is 29.9 Å². The average Bonchev–Trinajstić information content (AvgIpc) is 2.77. The Balaban J connectivity index is 2.59. The zero-order valence-corrected chi connectivity index (χ0v) is 9.41. The number of nitrogens with zero attached hydrogens (tertiary/aromatic N) is 1. The first-order valence-electron chi connectivity index (χ1n) is 5.42. The van der Waals surface area contributed by atoms with E-state index in [9.17, 15) is 13.2 Å². The highest BCUT2D eigenvalue weighted by molar-refractivity contribution is 5.60. The topological polar surface area (TPSA) is 3.24 Å². The molecule has 1 aliphatic heterocycles. The molecule has 1 fully saturated rings.